The fourth-order valence-electron chi connectivity index (χ4n) is 2.98. The molecule has 6 nitrogen and oxygen atoms in total. The SMILES string of the molecule is CS(=O)(=O)N(Cc1ccc(C(=O)NCCOc2ccc(Cl)cc2)cc1)c1c(Cl)cccc1Cl. The fraction of sp³-hybridized carbons (Fsp3) is 0.174. The first kappa shape index (κ1) is 25.2. The number of rotatable bonds is 9. The van der Waals surface area contributed by atoms with Crippen molar-refractivity contribution in [2.45, 2.75) is 6.54 Å². The van der Waals surface area contributed by atoms with Gasteiger partial charge in [-0.1, -0.05) is 53.0 Å². The van der Waals surface area contributed by atoms with Crippen molar-refractivity contribution in [1.29, 1.82) is 0 Å². The molecule has 0 saturated carbocycles. The molecular formula is C23H21Cl3N2O4S. The lowest BCUT2D eigenvalue weighted by Crippen LogP contribution is -2.30. The third kappa shape index (κ3) is 7.01. The van der Waals surface area contributed by atoms with Crippen LogP contribution in [0.3, 0.4) is 0 Å². The minimum Gasteiger partial charge on any atom is -0.492 e. The molecule has 0 atom stereocenters. The highest BCUT2D eigenvalue weighted by atomic mass is 35.5. The number of hydrogen-bond donors (Lipinski definition) is 1. The van der Waals surface area contributed by atoms with Crippen LogP contribution in [-0.4, -0.2) is 33.7 Å². The molecule has 0 heterocycles. The van der Waals surface area contributed by atoms with E-state index < -0.39 is 10.0 Å². The maximum Gasteiger partial charge on any atom is 0.251 e. The predicted octanol–water partition coefficient (Wildman–Crippen LogP) is 5.42. The van der Waals surface area contributed by atoms with Crippen LogP contribution in [0.1, 0.15) is 15.9 Å². The lowest BCUT2D eigenvalue weighted by molar-refractivity contribution is 0.0947. The zero-order chi connectivity index (χ0) is 24.0. The Morgan fingerprint density at radius 2 is 1.55 bits per heavy atom. The first-order chi connectivity index (χ1) is 15.6. The van der Waals surface area contributed by atoms with E-state index in [-0.39, 0.29) is 28.2 Å². The van der Waals surface area contributed by atoms with E-state index in [1.807, 2.05) is 0 Å². The number of sulfonamides is 1. The number of hydrogen-bond acceptors (Lipinski definition) is 4. The molecular weight excluding hydrogens is 507 g/mol. The summed E-state index contributed by atoms with van der Waals surface area (Å²) in [7, 11) is -3.66. The molecule has 0 aromatic heterocycles. The Hall–Kier alpha value is -2.45. The molecule has 10 heteroatoms. The zero-order valence-corrected chi connectivity index (χ0v) is 20.7. The second-order valence-corrected chi connectivity index (χ2v) is 10.3. The van der Waals surface area contributed by atoms with E-state index >= 15 is 0 Å². The molecule has 174 valence electrons. The van der Waals surface area contributed by atoms with Crippen LogP contribution in [-0.2, 0) is 16.6 Å². The van der Waals surface area contributed by atoms with Crippen molar-refractivity contribution < 1.29 is 17.9 Å². The van der Waals surface area contributed by atoms with Crippen LogP contribution in [0.5, 0.6) is 5.75 Å². The molecule has 0 aliphatic heterocycles. The molecule has 1 amide bonds. The van der Waals surface area contributed by atoms with Crippen LogP contribution >= 0.6 is 34.8 Å². The van der Waals surface area contributed by atoms with Gasteiger partial charge in [-0.15, -0.1) is 0 Å². The minimum atomic E-state index is -3.66. The Morgan fingerprint density at radius 1 is 0.939 bits per heavy atom. The Balaban J connectivity index is 1.61. The highest BCUT2D eigenvalue weighted by molar-refractivity contribution is 7.92. The van der Waals surface area contributed by atoms with Crippen molar-refractivity contribution in [3.05, 3.63) is 92.9 Å². The van der Waals surface area contributed by atoms with E-state index in [0.29, 0.717) is 35.1 Å². The van der Waals surface area contributed by atoms with Crippen molar-refractivity contribution in [2.75, 3.05) is 23.7 Å². The van der Waals surface area contributed by atoms with Gasteiger partial charge in [0.2, 0.25) is 10.0 Å². The molecule has 0 spiro atoms. The molecule has 0 fully saturated rings. The standard InChI is InChI=1S/C23H21Cl3N2O4S/c1-33(30,31)28(22-20(25)3-2-4-21(22)26)15-16-5-7-17(8-6-16)23(29)27-13-14-32-19-11-9-18(24)10-12-19/h2-12H,13-15H2,1H3,(H,27,29). The van der Waals surface area contributed by atoms with Gasteiger partial charge in [0.1, 0.15) is 12.4 Å². The van der Waals surface area contributed by atoms with Crippen LogP contribution in [0.4, 0.5) is 5.69 Å². The fourth-order valence-corrected chi connectivity index (χ4v) is 4.72. The molecule has 1 N–H and O–H groups in total. The number of amides is 1. The highest BCUT2D eigenvalue weighted by Gasteiger charge is 2.23. The smallest absolute Gasteiger partial charge is 0.251 e. The topological polar surface area (TPSA) is 75.7 Å². The first-order valence-corrected chi connectivity index (χ1v) is 12.8. The van der Waals surface area contributed by atoms with Crippen LogP contribution in [0, 0.1) is 0 Å². The Kier molecular flexibility index (Phi) is 8.48. The van der Waals surface area contributed by atoms with Gasteiger partial charge in [0, 0.05) is 10.6 Å². The normalized spacial score (nSPS) is 11.2. The number of carbonyl (C=O) groups is 1. The average Bonchev–Trinajstić information content (AvgIpc) is 2.77. The van der Waals surface area contributed by atoms with Crippen molar-refractivity contribution in [3.63, 3.8) is 0 Å². The van der Waals surface area contributed by atoms with Crippen molar-refractivity contribution in [3.8, 4) is 5.75 Å². The summed E-state index contributed by atoms with van der Waals surface area (Å²) < 4.78 is 31.5. The summed E-state index contributed by atoms with van der Waals surface area (Å²) in [4.78, 5) is 12.4. The number of halogens is 3. The molecule has 0 saturated heterocycles. The summed E-state index contributed by atoms with van der Waals surface area (Å²) >= 11 is 18.3. The average molecular weight is 528 g/mol. The molecule has 0 bridgehead atoms. The number of nitrogens with zero attached hydrogens (tertiary/aromatic N) is 1. The summed E-state index contributed by atoms with van der Waals surface area (Å²) in [6, 6.07) is 18.3. The highest BCUT2D eigenvalue weighted by Crippen LogP contribution is 2.35. The maximum atomic E-state index is 12.4. The molecule has 0 aliphatic carbocycles. The second kappa shape index (κ2) is 11.1. The Bertz CT molecular complexity index is 1200. The molecule has 0 unspecified atom stereocenters. The van der Waals surface area contributed by atoms with Gasteiger partial charge in [-0.25, -0.2) is 8.42 Å². The zero-order valence-electron chi connectivity index (χ0n) is 17.6. The molecule has 3 aromatic rings. The quantitative estimate of drug-likeness (QED) is 0.377. The van der Waals surface area contributed by atoms with E-state index in [1.165, 1.54) is 0 Å². The molecule has 0 radical (unpaired) electrons. The van der Waals surface area contributed by atoms with E-state index in [2.05, 4.69) is 5.32 Å². The number of para-hydroxylation sites is 1. The summed E-state index contributed by atoms with van der Waals surface area (Å²) in [5.41, 5.74) is 1.32. The number of carbonyl (C=O) groups excluding carboxylic acids is 1. The summed E-state index contributed by atoms with van der Waals surface area (Å²) in [5.74, 6) is 0.391. The third-order valence-corrected chi connectivity index (χ3v) is 6.57. The van der Waals surface area contributed by atoms with Crippen LogP contribution in [0.15, 0.2) is 66.7 Å². The third-order valence-electron chi connectivity index (χ3n) is 4.60. The predicted molar refractivity (Wildman–Crippen MR) is 133 cm³/mol. The van der Waals surface area contributed by atoms with E-state index in [1.54, 1.807) is 66.7 Å². The maximum absolute atomic E-state index is 12.4. The lowest BCUT2D eigenvalue weighted by atomic mass is 10.1. The number of benzene rings is 3. The summed E-state index contributed by atoms with van der Waals surface area (Å²) in [5, 5.41) is 3.85. The molecule has 3 rings (SSSR count). The Morgan fingerprint density at radius 3 is 2.12 bits per heavy atom. The second-order valence-electron chi connectivity index (χ2n) is 7.10. The van der Waals surface area contributed by atoms with E-state index in [4.69, 9.17) is 39.5 Å². The van der Waals surface area contributed by atoms with Crippen LogP contribution in [0.2, 0.25) is 15.1 Å². The minimum absolute atomic E-state index is 0.0130. The van der Waals surface area contributed by atoms with Gasteiger partial charge in [-0.3, -0.25) is 9.10 Å². The van der Waals surface area contributed by atoms with Gasteiger partial charge >= 0.3 is 0 Å². The van der Waals surface area contributed by atoms with E-state index in [0.717, 1.165) is 10.6 Å². The van der Waals surface area contributed by atoms with Gasteiger partial charge in [0.25, 0.3) is 5.91 Å². The van der Waals surface area contributed by atoms with Crippen LogP contribution < -0.4 is 14.4 Å². The van der Waals surface area contributed by atoms with Gasteiger partial charge in [0.15, 0.2) is 0 Å². The van der Waals surface area contributed by atoms with Crippen molar-refractivity contribution in [1.82, 2.24) is 5.32 Å². The molecule has 3 aromatic carbocycles. The number of ether oxygens (including phenoxy) is 1. The molecule has 33 heavy (non-hydrogen) atoms. The summed E-state index contributed by atoms with van der Waals surface area (Å²) in [6.07, 6.45) is 1.08. The largest absolute Gasteiger partial charge is 0.492 e. The number of anilines is 1. The lowest BCUT2D eigenvalue weighted by Gasteiger charge is -2.24. The van der Waals surface area contributed by atoms with Crippen LogP contribution in [0.25, 0.3) is 0 Å². The van der Waals surface area contributed by atoms with Gasteiger partial charge in [-0.05, 0) is 54.1 Å². The molecule has 0 aliphatic rings. The summed E-state index contributed by atoms with van der Waals surface area (Å²) in [6.45, 7) is 0.628. The number of nitrogens with one attached hydrogen (secondary N) is 1. The first-order valence-electron chi connectivity index (χ1n) is 9.82. The van der Waals surface area contributed by atoms with Gasteiger partial charge in [0.05, 0.1) is 35.1 Å². The van der Waals surface area contributed by atoms with Crippen molar-refractivity contribution >= 4 is 56.4 Å². The monoisotopic (exact) mass is 526 g/mol. The Labute approximate surface area is 208 Å². The van der Waals surface area contributed by atoms with Gasteiger partial charge < -0.3 is 10.1 Å². The van der Waals surface area contributed by atoms with Gasteiger partial charge in [-0.2, -0.15) is 0 Å². The van der Waals surface area contributed by atoms with Crippen molar-refractivity contribution in [2.24, 2.45) is 0 Å². The van der Waals surface area contributed by atoms with E-state index in [9.17, 15) is 13.2 Å².